The fraction of sp³-hybridized carbons (Fsp3) is 1.00. The van der Waals surface area contributed by atoms with Crippen LogP contribution in [0.15, 0.2) is 0 Å². The summed E-state index contributed by atoms with van der Waals surface area (Å²) in [7, 11) is 0. The maximum absolute atomic E-state index is 9.12. The Morgan fingerprint density at radius 3 is 0.417 bits per heavy atom. The SMILES string of the molecule is C.C.C.C.C.C.C.C.C.C.C.C.OCC1O[C@@H](O)C(O)[C@H](O)[C@@H]1O.OCC1O[C@@H](O)C(O)[C@H](O)[C@H]1O.OC[C@H]1O[C@@H](O)[C@H](O)[C@@H](O)[C@@H]1O.OC[C@H]1O[C@@H](O)[C@H](O)[C@@H](O)[C@H]1O. The van der Waals surface area contributed by atoms with Crippen LogP contribution < -0.4 is 0 Å². The van der Waals surface area contributed by atoms with Gasteiger partial charge >= 0.3 is 0 Å². The van der Waals surface area contributed by atoms with E-state index in [9.17, 15) is 0 Å². The van der Waals surface area contributed by atoms with Crippen molar-refractivity contribution in [2.45, 2.75) is 212 Å². The summed E-state index contributed by atoms with van der Waals surface area (Å²) in [5.41, 5.74) is 0. The minimum absolute atomic E-state index is 0. The van der Waals surface area contributed by atoms with E-state index in [0.29, 0.717) is 0 Å². The van der Waals surface area contributed by atoms with Gasteiger partial charge in [-0.1, -0.05) is 89.1 Å². The van der Waals surface area contributed by atoms with E-state index in [2.05, 4.69) is 18.9 Å². The van der Waals surface area contributed by atoms with Crippen LogP contribution in [-0.2, 0) is 18.9 Å². The van der Waals surface area contributed by atoms with Crippen LogP contribution >= 0.6 is 0 Å². The highest BCUT2D eigenvalue weighted by Crippen LogP contribution is 2.21. The van der Waals surface area contributed by atoms with E-state index < -0.39 is 149 Å². The van der Waals surface area contributed by atoms with Crippen molar-refractivity contribution in [3.63, 3.8) is 0 Å². The molecule has 0 radical (unpaired) electrons. The molecule has 0 amide bonds. The van der Waals surface area contributed by atoms with Crippen molar-refractivity contribution in [1.29, 1.82) is 0 Å². The molecule has 4 rings (SSSR count). The zero-order valence-electron chi connectivity index (χ0n) is 25.0. The summed E-state index contributed by atoms with van der Waals surface area (Å²) in [5, 5.41) is 179. The first-order valence-corrected chi connectivity index (χ1v) is 14.2. The second-order valence-corrected chi connectivity index (χ2v) is 10.9. The Morgan fingerprint density at radius 2 is 0.317 bits per heavy atom. The van der Waals surface area contributed by atoms with Crippen molar-refractivity contribution in [2.24, 2.45) is 0 Å². The van der Waals surface area contributed by atoms with Gasteiger partial charge in [0.25, 0.3) is 0 Å². The Balaban J connectivity index is -0.0000000480. The van der Waals surface area contributed by atoms with Gasteiger partial charge in [0.05, 0.1) is 26.4 Å². The first-order chi connectivity index (χ1) is 22.3. The third kappa shape index (κ3) is 23.6. The molecule has 4 heterocycles. The monoisotopic (exact) mass is 913 g/mol. The number of hydrogen-bond acceptors (Lipinski definition) is 24. The molecule has 0 aromatic carbocycles. The predicted octanol–water partition coefficient (Wildman–Crippen LogP) is -5.25. The summed E-state index contributed by atoms with van der Waals surface area (Å²) in [4.78, 5) is 0. The first kappa shape index (κ1) is 89.9. The highest BCUT2D eigenvalue weighted by molar-refractivity contribution is 4.90. The Morgan fingerprint density at radius 1 is 0.200 bits per heavy atom. The minimum Gasteiger partial charge on any atom is -0.394 e. The molecule has 60 heavy (non-hydrogen) atoms. The molecule has 0 spiro atoms. The van der Waals surface area contributed by atoms with Crippen LogP contribution in [0.3, 0.4) is 0 Å². The van der Waals surface area contributed by atoms with Crippen LogP contribution in [-0.4, -0.2) is 251 Å². The van der Waals surface area contributed by atoms with Crippen molar-refractivity contribution in [1.82, 2.24) is 0 Å². The van der Waals surface area contributed by atoms with Gasteiger partial charge in [-0.15, -0.1) is 0 Å². The van der Waals surface area contributed by atoms with Gasteiger partial charge < -0.3 is 121 Å². The van der Waals surface area contributed by atoms with Gasteiger partial charge in [-0.05, 0) is 0 Å². The van der Waals surface area contributed by atoms with Crippen molar-refractivity contribution in [3.05, 3.63) is 0 Å². The van der Waals surface area contributed by atoms with E-state index in [1.807, 2.05) is 0 Å². The third-order valence-corrected chi connectivity index (χ3v) is 7.47. The van der Waals surface area contributed by atoms with Crippen LogP contribution in [0.1, 0.15) is 89.1 Å². The lowest BCUT2D eigenvalue weighted by Gasteiger charge is -2.37. The molecule has 4 aliphatic rings. The van der Waals surface area contributed by atoms with Crippen LogP contribution in [0.2, 0.25) is 0 Å². The lowest BCUT2D eigenvalue weighted by Crippen LogP contribution is -2.58. The molecule has 20 atom stereocenters. The summed E-state index contributed by atoms with van der Waals surface area (Å²) in [5.74, 6) is 0. The van der Waals surface area contributed by atoms with Crippen LogP contribution in [0.4, 0.5) is 0 Å². The Labute approximate surface area is 359 Å². The lowest BCUT2D eigenvalue weighted by molar-refractivity contribution is -0.286. The van der Waals surface area contributed by atoms with E-state index in [0.717, 1.165) is 0 Å². The third-order valence-electron chi connectivity index (χ3n) is 7.47. The quantitative estimate of drug-likeness (QED) is 0.125. The summed E-state index contributed by atoms with van der Waals surface area (Å²) >= 11 is 0. The normalized spacial score (nSPS) is 39.4. The first-order valence-electron chi connectivity index (χ1n) is 14.2. The second-order valence-electron chi connectivity index (χ2n) is 10.9. The largest absolute Gasteiger partial charge is 0.394 e. The molecule has 0 aliphatic carbocycles. The summed E-state index contributed by atoms with van der Waals surface area (Å²) in [6.45, 7) is -2.10. The van der Waals surface area contributed by atoms with E-state index in [1.165, 1.54) is 0 Å². The zero-order chi connectivity index (χ0) is 37.2. The predicted molar refractivity (Wildman–Crippen MR) is 225 cm³/mol. The molecule has 24 nitrogen and oxygen atoms in total. The molecule has 0 bridgehead atoms. The Hall–Kier alpha value is -0.960. The van der Waals surface area contributed by atoms with E-state index in [4.69, 9.17) is 102 Å². The van der Waals surface area contributed by atoms with E-state index in [1.54, 1.807) is 0 Å². The lowest BCUT2D eigenvalue weighted by atomic mass is 10.00. The average Bonchev–Trinajstić information content (AvgIpc) is 3.08. The molecular formula is C36H96O24. The maximum Gasteiger partial charge on any atom is 0.184 e. The van der Waals surface area contributed by atoms with Gasteiger partial charge in [-0.2, -0.15) is 0 Å². The Kier molecular flexibility index (Phi) is 62.9. The molecule has 4 unspecified atom stereocenters. The van der Waals surface area contributed by atoms with Crippen molar-refractivity contribution >= 4 is 0 Å². The smallest absolute Gasteiger partial charge is 0.184 e. The topological polar surface area (TPSA) is 442 Å². The number of hydrogen-bond donors (Lipinski definition) is 20. The van der Waals surface area contributed by atoms with Crippen molar-refractivity contribution < 1.29 is 121 Å². The fourth-order valence-corrected chi connectivity index (χ4v) is 4.33. The second kappa shape index (κ2) is 42.0. The van der Waals surface area contributed by atoms with Gasteiger partial charge in [0.2, 0.25) is 0 Å². The molecule has 0 saturated carbocycles. The summed E-state index contributed by atoms with van der Waals surface area (Å²) in [6, 6.07) is 0. The van der Waals surface area contributed by atoms with Crippen molar-refractivity contribution in [2.75, 3.05) is 26.4 Å². The molecule has 0 aromatic rings. The molecule has 20 N–H and O–H groups in total. The van der Waals surface area contributed by atoms with Gasteiger partial charge in [0.15, 0.2) is 25.2 Å². The molecule has 4 aliphatic heterocycles. The summed E-state index contributed by atoms with van der Waals surface area (Å²) in [6.07, 6.45) is -28.2. The fourth-order valence-electron chi connectivity index (χ4n) is 4.33. The molecule has 4 saturated heterocycles. The number of aliphatic hydroxyl groups is 20. The molecule has 0 aromatic heterocycles. The Bertz CT molecular complexity index is 731. The van der Waals surface area contributed by atoms with Gasteiger partial charge in [0.1, 0.15) is 97.7 Å². The van der Waals surface area contributed by atoms with Crippen LogP contribution in [0.25, 0.3) is 0 Å². The highest BCUT2D eigenvalue weighted by atomic mass is 16.7. The maximum atomic E-state index is 9.12. The van der Waals surface area contributed by atoms with Crippen molar-refractivity contribution in [3.8, 4) is 0 Å². The number of aliphatic hydroxyl groups excluding tert-OH is 20. The highest BCUT2D eigenvalue weighted by Gasteiger charge is 2.45. The molecule has 24 heteroatoms. The molecular weight excluding hydrogens is 816 g/mol. The number of rotatable bonds is 4. The van der Waals surface area contributed by atoms with Crippen LogP contribution in [0.5, 0.6) is 0 Å². The summed E-state index contributed by atoms with van der Waals surface area (Å²) < 4.78 is 18.3. The zero-order valence-corrected chi connectivity index (χ0v) is 25.0. The molecule has 384 valence electrons. The van der Waals surface area contributed by atoms with Gasteiger partial charge in [0, 0.05) is 0 Å². The van der Waals surface area contributed by atoms with E-state index >= 15 is 0 Å². The van der Waals surface area contributed by atoms with Crippen LogP contribution in [0, 0.1) is 0 Å². The number of ether oxygens (including phenoxy) is 4. The standard InChI is InChI=1S/4C6H12O6.12CH4/c4*7-1-2-3(8)4(9)5(10)6(11)12-2;;;;;;;;;;;;/h4*2-11H,1H2;12*1H4/t2?,3-,4+,5?,6+;2?,3-,4-,5?,6-;2-,3+,4+,5-,6-;2-,3-,4+,5-,6-;;;;;;;;;;;;/m0111............/s1. The molecule has 4 fully saturated rings. The average molecular weight is 913 g/mol. The van der Waals surface area contributed by atoms with E-state index in [-0.39, 0.29) is 89.1 Å². The van der Waals surface area contributed by atoms with Gasteiger partial charge in [-0.3, -0.25) is 0 Å². The van der Waals surface area contributed by atoms with Gasteiger partial charge in [-0.25, -0.2) is 0 Å². The minimum atomic E-state index is -1.57.